The van der Waals surface area contributed by atoms with Gasteiger partial charge in [-0.15, -0.1) is 0 Å². The number of nitrogens with two attached hydrogens (primary N) is 1. The molecular formula is C13H21N3O. The van der Waals surface area contributed by atoms with Crippen LogP contribution in [-0.2, 0) is 6.54 Å². The third-order valence-electron chi connectivity index (χ3n) is 2.55. The van der Waals surface area contributed by atoms with Gasteiger partial charge in [-0.05, 0) is 31.0 Å². The first kappa shape index (κ1) is 13.4. The summed E-state index contributed by atoms with van der Waals surface area (Å²) in [7, 11) is 0. The van der Waals surface area contributed by atoms with Gasteiger partial charge in [0, 0.05) is 25.3 Å². The fourth-order valence-electron chi connectivity index (χ4n) is 1.51. The number of nitrogens with zero attached hydrogens (tertiary/aromatic N) is 1. The van der Waals surface area contributed by atoms with Crippen LogP contribution in [0.3, 0.4) is 0 Å². The lowest BCUT2D eigenvalue weighted by Gasteiger charge is -2.21. The number of urea groups is 1. The van der Waals surface area contributed by atoms with Crippen molar-refractivity contribution >= 4 is 11.7 Å². The van der Waals surface area contributed by atoms with E-state index < -0.39 is 0 Å². The van der Waals surface area contributed by atoms with Crippen LogP contribution in [0, 0.1) is 0 Å². The second-order valence-electron chi connectivity index (χ2n) is 3.99. The SMILES string of the molecule is CCCNC(=O)N(CC)Cc1ccc(N)cc1. The predicted octanol–water partition coefficient (Wildman–Crippen LogP) is 2.21. The van der Waals surface area contributed by atoms with Crippen molar-refractivity contribution in [3.05, 3.63) is 29.8 Å². The first-order chi connectivity index (χ1) is 8.17. The first-order valence-corrected chi connectivity index (χ1v) is 6.04. The monoisotopic (exact) mass is 235 g/mol. The van der Waals surface area contributed by atoms with Gasteiger partial charge in [-0.2, -0.15) is 0 Å². The lowest BCUT2D eigenvalue weighted by molar-refractivity contribution is 0.198. The van der Waals surface area contributed by atoms with E-state index in [0.29, 0.717) is 13.1 Å². The standard InChI is InChI=1S/C13H21N3O/c1-3-9-15-13(17)16(4-2)10-11-5-7-12(14)8-6-11/h5-8H,3-4,9-10,14H2,1-2H3,(H,15,17). The fraction of sp³-hybridized carbons (Fsp3) is 0.462. The van der Waals surface area contributed by atoms with Crippen LogP contribution in [0.2, 0.25) is 0 Å². The topological polar surface area (TPSA) is 58.4 Å². The lowest BCUT2D eigenvalue weighted by Crippen LogP contribution is -2.39. The van der Waals surface area contributed by atoms with Crippen molar-refractivity contribution < 1.29 is 4.79 Å². The van der Waals surface area contributed by atoms with E-state index in [9.17, 15) is 4.79 Å². The van der Waals surface area contributed by atoms with Gasteiger partial charge in [-0.1, -0.05) is 19.1 Å². The summed E-state index contributed by atoms with van der Waals surface area (Å²) in [5.41, 5.74) is 7.46. The Bertz CT molecular complexity index is 348. The quantitative estimate of drug-likeness (QED) is 0.769. The highest BCUT2D eigenvalue weighted by Crippen LogP contribution is 2.08. The van der Waals surface area contributed by atoms with Gasteiger partial charge < -0.3 is 16.0 Å². The highest BCUT2D eigenvalue weighted by atomic mass is 16.2. The molecule has 17 heavy (non-hydrogen) atoms. The van der Waals surface area contributed by atoms with E-state index in [1.54, 1.807) is 4.90 Å². The van der Waals surface area contributed by atoms with Crippen LogP contribution in [-0.4, -0.2) is 24.0 Å². The van der Waals surface area contributed by atoms with Gasteiger partial charge in [0.15, 0.2) is 0 Å². The molecule has 1 aromatic rings. The zero-order chi connectivity index (χ0) is 12.7. The Morgan fingerprint density at radius 2 is 1.94 bits per heavy atom. The average Bonchev–Trinajstić information content (AvgIpc) is 2.35. The van der Waals surface area contributed by atoms with Crippen molar-refractivity contribution in [3.8, 4) is 0 Å². The van der Waals surface area contributed by atoms with Gasteiger partial charge in [0.25, 0.3) is 0 Å². The largest absolute Gasteiger partial charge is 0.399 e. The molecule has 0 saturated carbocycles. The molecule has 0 aromatic heterocycles. The molecular weight excluding hydrogens is 214 g/mol. The molecule has 0 bridgehead atoms. The summed E-state index contributed by atoms with van der Waals surface area (Å²) in [4.78, 5) is 13.6. The molecule has 1 aromatic carbocycles. The predicted molar refractivity (Wildman–Crippen MR) is 70.6 cm³/mol. The van der Waals surface area contributed by atoms with E-state index in [4.69, 9.17) is 5.73 Å². The van der Waals surface area contributed by atoms with Crippen LogP contribution in [0.25, 0.3) is 0 Å². The second kappa shape index (κ2) is 6.78. The summed E-state index contributed by atoms with van der Waals surface area (Å²) in [5.74, 6) is 0. The third kappa shape index (κ3) is 4.34. The number of carbonyl (C=O) groups is 1. The normalized spacial score (nSPS) is 10.0. The van der Waals surface area contributed by atoms with Gasteiger partial charge in [0.05, 0.1) is 0 Å². The lowest BCUT2D eigenvalue weighted by atomic mass is 10.2. The summed E-state index contributed by atoms with van der Waals surface area (Å²) >= 11 is 0. The van der Waals surface area contributed by atoms with Crippen molar-refractivity contribution in [2.24, 2.45) is 0 Å². The van der Waals surface area contributed by atoms with E-state index in [1.165, 1.54) is 0 Å². The number of nitrogen functional groups attached to an aromatic ring is 1. The minimum absolute atomic E-state index is 0.00817. The van der Waals surface area contributed by atoms with Crippen LogP contribution in [0.15, 0.2) is 24.3 Å². The maximum Gasteiger partial charge on any atom is 0.317 e. The zero-order valence-electron chi connectivity index (χ0n) is 10.6. The van der Waals surface area contributed by atoms with Crippen LogP contribution < -0.4 is 11.1 Å². The molecule has 0 heterocycles. The number of carbonyl (C=O) groups excluding carboxylic acids is 1. The molecule has 0 aliphatic carbocycles. The van der Waals surface area contributed by atoms with Gasteiger partial charge in [-0.3, -0.25) is 0 Å². The van der Waals surface area contributed by atoms with Gasteiger partial charge >= 0.3 is 6.03 Å². The maximum atomic E-state index is 11.8. The van der Waals surface area contributed by atoms with Crippen LogP contribution in [0.1, 0.15) is 25.8 Å². The Morgan fingerprint density at radius 1 is 1.29 bits per heavy atom. The number of anilines is 1. The number of amides is 2. The number of benzene rings is 1. The number of nitrogens with one attached hydrogen (secondary N) is 1. The van der Waals surface area contributed by atoms with Crippen LogP contribution in [0.4, 0.5) is 10.5 Å². The van der Waals surface area contributed by atoms with E-state index in [2.05, 4.69) is 5.32 Å². The molecule has 0 aliphatic rings. The molecule has 0 atom stereocenters. The molecule has 4 heteroatoms. The molecule has 0 fully saturated rings. The fourth-order valence-corrected chi connectivity index (χ4v) is 1.51. The van der Waals surface area contributed by atoms with Crippen LogP contribution in [0.5, 0.6) is 0 Å². The van der Waals surface area contributed by atoms with Crippen molar-refractivity contribution in [2.45, 2.75) is 26.8 Å². The molecule has 94 valence electrons. The zero-order valence-corrected chi connectivity index (χ0v) is 10.6. The van der Waals surface area contributed by atoms with E-state index in [1.807, 2.05) is 38.1 Å². The molecule has 0 unspecified atom stereocenters. The van der Waals surface area contributed by atoms with Crippen molar-refractivity contribution in [1.29, 1.82) is 0 Å². The Labute approximate surface area is 103 Å². The van der Waals surface area contributed by atoms with Crippen molar-refractivity contribution in [3.63, 3.8) is 0 Å². The van der Waals surface area contributed by atoms with E-state index in [0.717, 1.165) is 24.2 Å². The Hall–Kier alpha value is -1.71. The van der Waals surface area contributed by atoms with Gasteiger partial charge in [0.1, 0.15) is 0 Å². The molecule has 0 saturated heterocycles. The van der Waals surface area contributed by atoms with Crippen molar-refractivity contribution in [2.75, 3.05) is 18.8 Å². The first-order valence-electron chi connectivity index (χ1n) is 6.04. The smallest absolute Gasteiger partial charge is 0.317 e. The summed E-state index contributed by atoms with van der Waals surface area (Å²) in [6.07, 6.45) is 0.950. The number of rotatable bonds is 5. The molecule has 0 aliphatic heterocycles. The number of hydrogen-bond acceptors (Lipinski definition) is 2. The van der Waals surface area contributed by atoms with E-state index >= 15 is 0 Å². The summed E-state index contributed by atoms with van der Waals surface area (Å²) in [6.45, 7) is 6.04. The third-order valence-corrected chi connectivity index (χ3v) is 2.55. The molecule has 2 amide bonds. The molecule has 0 spiro atoms. The minimum Gasteiger partial charge on any atom is -0.399 e. The second-order valence-corrected chi connectivity index (χ2v) is 3.99. The summed E-state index contributed by atoms with van der Waals surface area (Å²) in [6, 6.07) is 7.60. The Kier molecular flexibility index (Phi) is 5.33. The minimum atomic E-state index is -0.00817. The van der Waals surface area contributed by atoms with Gasteiger partial charge in [0.2, 0.25) is 0 Å². The molecule has 4 nitrogen and oxygen atoms in total. The highest BCUT2D eigenvalue weighted by Gasteiger charge is 2.10. The van der Waals surface area contributed by atoms with E-state index in [-0.39, 0.29) is 6.03 Å². The average molecular weight is 235 g/mol. The Balaban J connectivity index is 2.57. The number of hydrogen-bond donors (Lipinski definition) is 2. The van der Waals surface area contributed by atoms with Crippen LogP contribution >= 0.6 is 0 Å². The maximum absolute atomic E-state index is 11.8. The molecule has 1 rings (SSSR count). The highest BCUT2D eigenvalue weighted by molar-refractivity contribution is 5.74. The molecule has 0 radical (unpaired) electrons. The van der Waals surface area contributed by atoms with Gasteiger partial charge in [-0.25, -0.2) is 4.79 Å². The summed E-state index contributed by atoms with van der Waals surface area (Å²) in [5, 5.41) is 2.88. The Morgan fingerprint density at radius 3 is 2.47 bits per heavy atom. The van der Waals surface area contributed by atoms with Crippen molar-refractivity contribution in [1.82, 2.24) is 10.2 Å². The molecule has 3 N–H and O–H groups in total. The summed E-state index contributed by atoms with van der Waals surface area (Å²) < 4.78 is 0.